The fourth-order valence-corrected chi connectivity index (χ4v) is 53.3. The van der Waals surface area contributed by atoms with Crippen LogP contribution in [0.25, 0.3) is 0 Å². The molecule has 0 spiro atoms. The summed E-state index contributed by atoms with van der Waals surface area (Å²) in [5.74, 6) is 0. The van der Waals surface area contributed by atoms with Gasteiger partial charge in [0.05, 0.1) is 0 Å². The minimum absolute atomic E-state index is 0.724. The summed E-state index contributed by atoms with van der Waals surface area (Å²) in [6.07, 6.45) is 3.11. The molecule has 0 bridgehead atoms. The zero-order valence-corrected chi connectivity index (χ0v) is 25.5. The van der Waals surface area contributed by atoms with Gasteiger partial charge in [0.1, 0.15) is 0 Å². The highest BCUT2D eigenvalue weighted by Gasteiger charge is 2.74. The molecule has 1 aliphatic heterocycles. The zero-order valence-electron chi connectivity index (χ0n) is 20.4. The summed E-state index contributed by atoms with van der Waals surface area (Å²) < 4.78 is 3.27. The van der Waals surface area contributed by atoms with Gasteiger partial charge in [-0.25, -0.2) is 0 Å². The maximum Gasteiger partial charge on any atom is 0.307 e. The molecule has 5 heteroatoms. The van der Waals surface area contributed by atoms with E-state index < -0.39 is 46.4 Å². The summed E-state index contributed by atoms with van der Waals surface area (Å²) in [6, 6.07) is 12.1. The molecule has 1 aliphatic rings. The molecular formula is C22H45AlSi4. The van der Waals surface area contributed by atoms with Crippen molar-refractivity contribution in [1.82, 2.24) is 0 Å². The van der Waals surface area contributed by atoms with Crippen molar-refractivity contribution in [3.63, 3.8) is 0 Å². The minimum atomic E-state index is -1.33. The molecule has 0 N–H and O–H groups in total. The molecule has 1 aromatic rings. The maximum absolute atomic E-state index is 2.73. The molecule has 2 rings (SSSR count). The molecule has 152 valence electrons. The highest BCUT2D eigenvalue weighted by atomic mass is 28.4. The number of rotatable bonds is 5. The van der Waals surface area contributed by atoms with Gasteiger partial charge in [-0.05, 0) is 0 Å². The third-order valence-corrected chi connectivity index (χ3v) is 46.5. The molecule has 1 aromatic carbocycles. The number of benzene rings is 1. The summed E-state index contributed by atoms with van der Waals surface area (Å²) in [7, 11) is -5.34. The molecule has 0 atom stereocenters. The molecule has 0 saturated carbocycles. The van der Waals surface area contributed by atoms with E-state index in [1.54, 1.807) is 12.8 Å². The molecule has 27 heavy (non-hydrogen) atoms. The first-order valence-corrected chi connectivity index (χ1v) is 26.7. The van der Waals surface area contributed by atoms with Crippen LogP contribution in [-0.4, -0.2) is 46.4 Å². The van der Waals surface area contributed by atoms with Crippen LogP contribution < -0.4 is 4.43 Å². The van der Waals surface area contributed by atoms with E-state index in [4.69, 9.17) is 0 Å². The number of hydrogen-bond acceptors (Lipinski definition) is 0. The van der Waals surface area contributed by atoms with E-state index in [-0.39, 0.29) is 0 Å². The van der Waals surface area contributed by atoms with E-state index in [1.807, 2.05) is 4.43 Å². The second kappa shape index (κ2) is 7.10. The Morgan fingerprint density at radius 2 is 0.852 bits per heavy atom. The lowest BCUT2D eigenvalue weighted by Gasteiger charge is -2.59. The predicted octanol–water partition coefficient (Wildman–Crippen LogP) is 7.17. The quantitative estimate of drug-likeness (QED) is 0.419. The van der Waals surface area contributed by atoms with Gasteiger partial charge in [0.15, 0.2) is 0 Å². The Kier molecular flexibility index (Phi) is 6.28. The average molecular weight is 449 g/mol. The molecule has 0 aliphatic carbocycles. The second-order valence-electron chi connectivity index (χ2n) is 13.3. The van der Waals surface area contributed by atoms with Crippen molar-refractivity contribution in [3.05, 3.63) is 30.3 Å². The smallest absolute Gasteiger partial charge is 0.110 e. The van der Waals surface area contributed by atoms with E-state index in [2.05, 4.69) is 109 Å². The molecule has 0 aromatic heterocycles. The van der Waals surface area contributed by atoms with Crippen LogP contribution in [0.3, 0.4) is 0 Å². The minimum Gasteiger partial charge on any atom is -0.110 e. The Labute approximate surface area is 179 Å². The molecule has 0 nitrogen and oxygen atoms in total. The van der Waals surface area contributed by atoms with Gasteiger partial charge in [-0.1, -0.05) is 129 Å². The normalized spacial score (nSPS) is 20.8. The summed E-state index contributed by atoms with van der Waals surface area (Å²) in [5.41, 5.74) is 0. The second-order valence-corrected chi connectivity index (χ2v) is 41.7. The highest BCUT2D eigenvalue weighted by Crippen LogP contribution is 2.70. The topological polar surface area (TPSA) is 0 Å². The lowest BCUT2D eigenvalue weighted by atomic mass is 10.4. The molecular weight excluding hydrogens is 404 g/mol. The van der Waals surface area contributed by atoms with E-state index in [0.717, 1.165) is 7.05 Å². The van der Waals surface area contributed by atoms with Crippen molar-refractivity contribution in [1.29, 1.82) is 0 Å². The van der Waals surface area contributed by atoms with Crippen LogP contribution in [0.4, 0.5) is 0 Å². The van der Waals surface area contributed by atoms with Gasteiger partial charge in [0, 0.05) is 32.3 Å². The third kappa shape index (κ3) is 3.53. The fourth-order valence-electron chi connectivity index (χ4n) is 7.80. The van der Waals surface area contributed by atoms with E-state index >= 15 is 0 Å². The van der Waals surface area contributed by atoms with E-state index in [0.29, 0.717) is 0 Å². The van der Waals surface area contributed by atoms with Gasteiger partial charge in [0.2, 0.25) is 0 Å². The van der Waals surface area contributed by atoms with Crippen molar-refractivity contribution in [3.8, 4) is 0 Å². The summed E-state index contributed by atoms with van der Waals surface area (Å²) >= 11 is -1.19. The van der Waals surface area contributed by atoms with Gasteiger partial charge in [-0.15, -0.1) is 4.43 Å². The van der Waals surface area contributed by atoms with Crippen LogP contribution in [0.2, 0.25) is 85.6 Å². The standard InChI is InChI=1S/C16H40Si4.C6H5.Al/c1-17(2,3)15(18(4,5)6)13-14-16(19(7,8)9)20(10,11)12;1-2-4-6-5-3-1;/h13-14H2,1-12H3;1-5H;. The van der Waals surface area contributed by atoms with Crippen molar-refractivity contribution < 1.29 is 0 Å². The zero-order chi connectivity index (χ0) is 21.1. The SMILES string of the molecule is C[Si](C)(C)[C]1([Si](C)(C)C)CC[C]([Si](C)(C)C)([Si](C)(C)C)[Al]1[c]1ccccc1. The summed E-state index contributed by atoms with van der Waals surface area (Å²) in [6.45, 7) is 32.8. The predicted molar refractivity (Wildman–Crippen MR) is 140 cm³/mol. The van der Waals surface area contributed by atoms with Crippen molar-refractivity contribution in [2.75, 3.05) is 0 Å². The highest BCUT2D eigenvalue weighted by molar-refractivity contribution is 7.24. The molecule has 1 saturated heterocycles. The van der Waals surface area contributed by atoms with E-state index in [1.165, 1.54) is 0 Å². The molecule has 0 radical (unpaired) electrons. The fraction of sp³-hybridized carbons (Fsp3) is 0.727. The molecule has 1 heterocycles. The average Bonchev–Trinajstić information content (AvgIpc) is 2.85. The van der Waals surface area contributed by atoms with Crippen molar-refractivity contribution >= 4 is 50.9 Å². The van der Waals surface area contributed by atoms with Crippen LogP contribution in [0.5, 0.6) is 0 Å². The Morgan fingerprint density at radius 3 is 1.11 bits per heavy atom. The van der Waals surface area contributed by atoms with Crippen LogP contribution in [0.1, 0.15) is 12.8 Å². The van der Waals surface area contributed by atoms with Gasteiger partial charge in [0.25, 0.3) is 0 Å². The third-order valence-electron chi connectivity index (χ3n) is 8.39. The Morgan fingerprint density at radius 1 is 0.556 bits per heavy atom. The maximum atomic E-state index is 2.73. The van der Waals surface area contributed by atoms with Gasteiger partial charge >= 0.3 is 14.1 Å². The first-order chi connectivity index (χ1) is 11.9. The van der Waals surface area contributed by atoms with Crippen molar-refractivity contribution in [2.45, 2.75) is 98.5 Å². The Hall–Kier alpha value is 0.620. The largest absolute Gasteiger partial charge is 0.307 e. The number of hydrogen-bond donors (Lipinski definition) is 0. The Balaban J connectivity index is 2.99. The lowest BCUT2D eigenvalue weighted by molar-refractivity contribution is 0.763. The van der Waals surface area contributed by atoms with Crippen LogP contribution in [0, 0.1) is 0 Å². The first kappa shape index (κ1) is 23.9. The first-order valence-electron chi connectivity index (χ1n) is 11.0. The summed E-state index contributed by atoms with van der Waals surface area (Å²) in [4.78, 5) is 0. The van der Waals surface area contributed by atoms with Gasteiger partial charge < -0.3 is 0 Å². The Bertz CT molecular complexity index is 589. The molecule has 0 amide bonds. The lowest BCUT2D eigenvalue weighted by Crippen LogP contribution is -2.72. The van der Waals surface area contributed by atoms with E-state index in [9.17, 15) is 0 Å². The molecule has 1 fully saturated rings. The monoisotopic (exact) mass is 448 g/mol. The van der Waals surface area contributed by atoms with Crippen LogP contribution in [0.15, 0.2) is 30.3 Å². The van der Waals surface area contributed by atoms with Gasteiger partial charge in [-0.2, -0.15) is 0 Å². The van der Waals surface area contributed by atoms with Crippen LogP contribution in [-0.2, 0) is 0 Å². The summed E-state index contributed by atoms with van der Waals surface area (Å²) in [5, 5.41) is 0. The molecule has 0 unspecified atom stereocenters. The van der Waals surface area contributed by atoms with Gasteiger partial charge in [-0.3, -0.25) is 0 Å². The van der Waals surface area contributed by atoms with Crippen LogP contribution >= 0.6 is 0 Å². The van der Waals surface area contributed by atoms with Crippen molar-refractivity contribution in [2.24, 2.45) is 0 Å².